The maximum absolute atomic E-state index is 10.2. The third kappa shape index (κ3) is 3.56. The molecule has 1 aromatic carbocycles. The number of hydrogen-bond acceptors (Lipinski definition) is 1. The molecular weight excluding hydrogens is 172 g/mol. The zero-order chi connectivity index (χ0) is 10.4. The van der Waals surface area contributed by atoms with Gasteiger partial charge in [-0.25, -0.2) is 0 Å². The highest BCUT2D eigenvalue weighted by atomic mass is 16.1. The first-order valence-electron chi connectivity index (χ1n) is 4.90. The van der Waals surface area contributed by atoms with Crippen LogP contribution in [0.2, 0.25) is 0 Å². The Morgan fingerprint density at radius 2 is 1.86 bits per heavy atom. The third-order valence-electron chi connectivity index (χ3n) is 1.99. The van der Waals surface area contributed by atoms with E-state index in [1.165, 1.54) is 16.7 Å². The molecule has 1 nitrogen and oxygen atoms in total. The molecule has 0 unspecified atom stereocenters. The lowest BCUT2D eigenvalue weighted by atomic mass is 10.1. The SMILES string of the molecule is CC(C)=Cc1ccc(CCC=O)cc1. The predicted octanol–water partition coefficient (Wildman–Crippen LogP) is 3.24. The van der Waals surface area contributed by atoms with Gasteiger partial charge in [-0.15, -0.1) is 0 Å². The molecule has 0 saturated carbocycles. The molecule has 0 aliphatic heterocycles. The maximum Gasteiger partial charge on any atom is 0.120 e. The Morgan fingerprint density at radius 3 is 2.36 bits per heavy atom. The van der Waals surface area contributed by atoms with Crippen molar-refractivity contribution in [2.24, 2.45) is 0 Å². The molecule has 74 valence electrons. The van der Waals surface area contributed by atoms with Gasteiger partial charge in [-0.05, 0) is 31.4 Å². The summed E-state index contributed by atoms with van der Waals surface area (Å²) < 4.78 is 0. The number of rotatable bonds is 4. The first-order valence-corrected chi connectivity index (χ1v) is 4.90. The quantitative estimate of drug-likeness (QED) is 0.663. The second kappa shape index (κ2) is 5.38. The van der Waals surface area contributed by atoms with Crippen LogP contribution < -0.4 is 0 Å². The predicted molar refractivity (Wildman–Crippen MR) is 60.2 cm³/mol. The number of aldehydes is 1. The van der Waals surface area contributed by atoms with Crippen LogP contribution >= 0.6 is 0 Å². The van der Waals surface area contributed by atoms with Crippen LogP contribution in [0.1, 0.15) is 31.4 Å². The van der Waals surface area contributed by atoms with E-state index in [0.29, 0.717) is 6.42 Å². The summed E-state index contributed by atoms with van der Waals surface area (Å²) >= 11 is 0. The van der Waals surface area contributed by atoms with Crippen LogP contribution in [-0.4, -0.2) is 6.29 Å². The first-order chi connectivity index (χ1) is 6.72. The molecule has 0 fully saturated rings. The van der Waals surface area contributed by atoms with Crippen LogP contribution in [-0.2, 0) is 11.2 Å². The molecule has 0 aliphatic carbocycles. The van der Waals surface area contributed by atoms with Crippen molar-refractivity contribution in [2.45, 2.75) is 26.7 Å². The van der Waals surface area contributed by atoms with Crippen LogP contribution in [0.5, 0.6) is 0 Å². The Labute approximate surface area is 85.5 Å². The number of carbonyl (C=O) groups is 1. The summed E-state index contributed by atoms with van der Waals surface area (Å²) in [4.78, 5) is 10.2. The molecule has 1 aromatic rings. The summed E-state index contributed by atoms with van der Waals surface area (Å²) in [5, 5.41) is 0. The van der Waals surface area contributed by atoms with E-state index in [1.807, 2.05) is 0 Å². The van der Waals surface area contributed by atoms with Crippen LogP contribution in [0, 0.1) is 0 Å². The topological polar surface area (TPSA) is 17.1 Å². The van der Waals surface area contributed by atoms with Gasteiger partial charge in [-0.1, -0.05) is 35.9 Å². The Balaban J connectivity index is 2.68. The van der Waals surface area contributed by atoms with Gasteiger partial charge < -0.3 is 4.79 Å². The number of benzene rings is 1. The zero-order valence-electron chi connectivity index (χ0n) is 8.79. The fourth-order valence-electron chi connectivity index (χ4n) is 1.34. The average molecular weight is 188 g/mol. The van der Waals surface area contributed by atoms with Gasteiger partial charge in [0.1, 0.15) is 6.29 Å². The molecule has 1 rings (SSSR count). The molecule has 0 atom stereocenters. The van der Waals surface area contributed by atoms with Gasteiger partial charge >= 0.3 is 0 Å². The van der Waals surface area contributed by atoms with Gasteiger partial charge in [0, 0.05) is 6.42 Å². The molecule has 0 N–H and O–H groups in total. The summed E-state index contributed by atoms with van der Waals surface area (Å²) in [6.45, 7) is 4.17. The molecule has 0 amide bonds. The van der Waals surface area contributed by atoms with Gasteiger partial charge in [0.05, 0.1) is 0 Å². The minimum Gasteiger partial charge on any atom is -0.303 e. The maximum atomic E-state index is 10.2. The molecular formula is C13H16O. The normalized spacial score (nSPS) is 9.57. The minimum atomic E-state index is 0.613. The molecule has 0 heterocycles. The molecule has 14 heavy (non-hydrogen) atoms. The second-order valence-corrected chi connectivity index (χ2v) is 3.67. The molecule has 0 bridgehead atoms. The number of allylic oxidation sites excluding steroid dienone is 1. The lowest BCUT2D eigenvalue weighted by Crippen LogP contribution is -1.85. The Morgan fingerprint density at radius 1 is 1.21 bits per heavy atom. The van der Waals surface area contributed by atoms with Gasteiger partial charge in [-0.3, -0.25) is 0 Å². The van der Waals surface area contributed by atoms with E-state index < -0.39 is 0 Å². The summed E-state index contributed by atoms with van der Waals surface area (Å²) in [5.41, 5.74) is 3.74. The minimum absolute atomic E-state index is 0.613. The monoisotopic (exact) mass is 188 g/mol. The zero-order valence-corrected chi connectivity index (χ0v) is 8.79. The van der Waals surface area contributed by atoms with Crippen LogP contribution in [0.15, 0.2) is 29.8 Å². The molecule has 0 spiro atoms. The summed E-state index contributed by atoms with van der Waals surface area (Å²) in [7, 11) is 0. The lowest BCUT2D eigenvalue weighted by Gasteiger charge is -1.99. The molecule has 0 saturated heterocycles. The first kappa shape index (κ1) is 10.7. The average Bonchev–Trinajstić information content (AvgIpc) is 2.16. The molecule has 1 heteroatoms. The van der Waals surface area contributed by atoms with Gasteiger partial charge in [0.2, 0.25) is 0 Å². The van der Waals surface area contributed by atoms with E-state index in [2.05, 4.69) is 44.2 Å². The van der Waals surface area contributed by atoms with Crippen LogP contribution in [0.3, 0.4) is 0 Å². The van der Waals surface area contributed by atoms with Crippen molar-refractivity contribution in [1.29, 1.82) is 0 Å². The van der Waals surface area contributed by atoms with Gasteiger partial charge in [0.25, 0.3) is 0 Å². The Kier molecular flexibility index (Phi) is 4.11. The smallest absolute Gasteiger partial charge is 0.120 e. The van der Waals surface area contributed by atoms with Crippen LogP contribution in [0.4, 0.5) is 0 Å². The van der Waals surface area contributed by atoms with E-state index in [-0.39, 0.29) is 0 Å². The van der Waals surface area contributed by atoms with Crippen molar-refractivity contribution < 1.29 is 4.79 Å². The van der Waals surface area contributed by atoms with Crippen molar-refractivity contribution in [2.75, 3.05) is 0 Å². The van der Waals surface area contributed by atoms with E-state index in [1.54, 1.807) is 0 Å². The molecule has 0 radical (unpaired) electrons. The van der Waals surface area contributed by atoms with Crippen molar-refractivity contribution in [3.05, 3.63) is 41.0 Å². The summed E-state index contributed by atoms with van der Waals surface area (Å²) in [6, 6.07) is 8.34. The van der Waals surface area contributed by atoms with E-state index in [4.69, 9.17) is 0 Å². The van der Waals surface area contributed by atoms with Gasteiger partial charge in [-0.2, -0.15) is 0 Å². The Bertz CT molecular complexity index is 316. The number of aryl methyl sites for hydroxylation is 1. The van der Waals surface area contributed by atoms with Crippen molar-refractivity contribution in [3.8, 4) is 0 Å². The van der Waals surface area contributed by atoms with Gasteiger partial charge in [0.15, 0.2) is 0 Å². The second-order valence-electron chi connectivity index (χ2n) is 3.67. The highest BCUT2D eigenvalue weighted by Crippen LogP contribution is 2.09. The number of hydrogen-bond donors (Lipinski definition) is 0. The fourth-order valence-corrected chi connectivity index (χ4v) is 1.34. The van der Waals surface area contributed by atoms with E-state index in [0.717, 1.165) is 12.7 Å². The van der Waals surface area contributed by atoms with E-state index in [9.17, 15) is 4.79 Å². The summed E-state index contributed by atoms with van der Waals surface area (Å²) in [5.74, 6) is 0. The highest BCUT2D eigenvalue weighted by molar-refractivity contribution is 5.53. The third-order valence-corrected chi connectivity index (χ3v) is 1.99. The fraction of sp³-hybridized carbons (Fsp3) is 0.308. The van der Waals surface area contributed by atoms with Crippen molar-refractivity contribution >= 4 is 12.4 Å². The summed E-state index contributed by atoms with van der Waals surface area (Å²) in [6.07, 6.45) is 4.56. The van der Waals surface area contributed by atoms with E-state index >= 15 is 0 Å². The highest BCUT2D eigenvalue weighted by Gasteiger charge is 1.92. The van der Waals surface area contributed by atoms with Crippen LogP contribution in [0.25, 0.3) is 6.08 Å². The lowest BCUT2D eigenvalue weighted by molar-refractivity contribution is -0.107. The molecule has 0 aliphatic rings. The van der Waals surface area contributed by atoms with Crippen molar-refractivity contribution in [3.63, 3.8) is 0 Å². The molecule has 0 aromatic heterocycles. The number of carbonyl (C=O) groups excluding carboxylic acids is 1. The largest absolute Gasteiger partial charge is 0.303 e. The standard InChI is InChI=1S/C13H16O/c1-11(2)10-13-7-5-12(6-8-13)4-3-9-14/h5-10H,3-4H2,1-2H3. The Hall–Kier alpha value is -1.37. The van der Waals surface area contributed by atoms with Crippen molar-refractivity contribution in [1.82, 2.24) is 0 Å².